The molecule has 1 aliphatic heterocycles. The third-order valence-corrected chi connectivity index (χ3v) is 7.35. The first-order valence-electron chi connectivity index (χ1n) is 10.9. The average Bonchev–Trinajstić information content (AvgIpc) is 3.39. The maximum atomic E-state index is 14.4. The van der Waals surface area contributed by atoms with E-state index in [2.05, 4.69) is 10.6 Å². The number of alkyl halides is 7. The van der Waals surface area contributed by atoms with Crippen LogP contribution in [0.15, 0.2) is 18.2 Å². The Bertz CT molecular complexity index is 847. The standard InChI is InChI=1S/C22H25F7N2O/c23-20(21(24,25)26,22(27,28)29)14-2-4-15-13(9-14)1-3-17-16(15)5-6-18(17)19(32)31-11-12-7-8-30-10-12/h2,4,9,12,16-18,30H,1,3,5-8,10-11H2,(H,31,32)/t12?,16-,17+,18+/m0/s1. The second-order valence-corrected chi connectivity index (χ2v) is 9.16. The lowest BCUT2D eigenvalue weighted by Crippen LogP contribution is -2.50. The molecule has 3 nitrogen and oxygen atoms in total. The number of amides is 1. The first-order chi connectivity index (χ1) is 14.9. The fourth-order valence-corrected chi connectivity index (χ4v) is 5.65. The summed E-state index contributed by atoms with van der Waals surface area (Å²) in [5.74, 6) is -0.0167. The SMILES string of the molecule is O=C(NCC1CCNC1)[C@@H]1CC[C@H]2c3ccc(C(F)(C(F)(F)F)C(F)(F)F)cc3CC[C@@H]12. The summed E-state index contributed by atoms with van der Waals surface area (Å²) in [6.07, 6.45) is -9.32. The molecule has 0 spiro atoms. The Morgan fingerprint density at radius 1 is 1.00 bits per heavy atom. The van der Waals surface area contributed by atoms with Gasteiger partial charge in [-0.15, -0.1) is 0 Å². The molecular formula is C22H25F7N2O. The molecule has 1 unspecified atom stereocenters. The van der Waals surface area contributed by atoms with Crippen LogP contribution in [0.25, 0.3) is 0 Å². The van der Waals surface area contributed by atoms with Crippen LogP contribution >= 0.6 is 0 Å². The van der Waals surface area contributed by atoms with Gasteiger partial charge in [0.15, 0.2) is 0 Å². The Balaban J connectivity index is 1.53. The maximum Gasteiger partial charge on any atom is 0.435 e. The van der Waals surface area contributed by atoms with E-state index in [1.807, 2.05) is 0 Å². The highest BCUT2D eigenvalue weighted by molar-refractivity contribution is 5.79. The van der Waals surface area contributed by atoms with Gasteiger partial charge >= 0.3 is 18.0 Å². The topological polar surface area (TPSA) is 41.1 Å². The van der Waals surface area contributed by atoms with E-state index in [1.54, 1.807) is 0 Å². The molecule has 0 bridgehead atoms. The highest BCUT2D eigenvalue weighted by atomic mass is 19.4. The average molecular weight is 466 g/mol. The summed E-state index contributed by atoms with van der Waals surface area (Å²) < 4.78 is 93.1. The summed E-state index contributed by atoms with van der Waals surface area (Å²) >= 11 is 0. The lowest BCUT2D eigenvalue weighted by atomic mass is 9.73. The zero-order chi connectivity index (χ0) is 23.3. The van der Waals surface area contributed by atoms with Crippen LogP contribution in [0.4, 0.5) is 30.7 Å². The third kappa shape index (κ3) is 3.88. The van der Waals surface area contributed by atoms with Crippen molar-refractivity contribution in [2.24, 2.45) is 17.8 Å². The second kappa shape index (κ2) is 8.18. The van der Waals surface area contributed by atoms with Crippen LogP contribution < -0.4 is 10.6 Å². The van der Waals surface area contributed by atoms with Crippen molar-refractivity contribution in [2.75, 3.05) is 19.6 Å². The molecule has 10 heteroatoms. The van der Waals surface area contributed by atoms with E-state index < -0.39 is 23.6 Å². The molecule has 3 aliphatic rings. The summed E-state index contributed by atoms with van der Waals surface area (Å²) in [4.78, 5) is 12.7. The first kappa shape index (κ1) is 23.3. The number of carbonyl (C=O) groups excluding carboxylic acids is 1. The number of halogens is 7. The molecule has 2 fully saturated rings. The number of rotatable bonds is 4. The molecule has 1 saturated carbocycles. The Hall–Kier alpha value is -1.84. The number of nitrogens with one attached hydrogen (secondary N) is 2. The van der Waals surface area contributed by atoms with Gasteiger partial charge in [0.2, 0.25) is 5.91 Å². The van der Waals surface area contributed by atoms with E-state index in [0.717, 1.165) is 19.5 Å². The van der Waals surface area contributed by atoms with Crippen molar-refractivity contribution < 1.29 is 35.5 Å². The fourth-order valence-electron chi connectivity index (χ4n) is 5.65. The number of hydrogen-bond acceptors (Lipinski definition) is 2. The van der Waals surface area contributed by atoms with E-state index in [-0.39, 0.29) is 30.1 Å². The second-order valence-electron chi connectivity index (χ2n) is 9.16. The molecule has 2 aliphatic carbocycles. The van der Waals surface area contributed by atoms with Crippen LogP contribution in [0.5, 0.6) is 0 Å². The van der Waals surface area contributed by atoms with Gasteiger partial charge in [0.05, 0.1) is 0 Å². The Kier molecular flexibility index (Phi) is 5.96. The summed E-state index contributed by atoms with van der Waals surface area (Å²) in [7, 11) is 0. The summed E-state index contributed by atoms with van der Waals surface area (Å²) in [6, 6.07) is 2.51. The van der Waals surface area contributed by atoms with Gasteiger partial charge in [-0.2, -0.15) is 26.3 Å². The van der Waals surface area contributed by atoms with E-state index in [9.17, 15) is 35.5 Å². The molecule has 1 aromatic rings. The zero-order valence-electron chi connectivity index (χ0n) is 17.3. The van der Waals surface area contributed by atoms with Crippen LogP contribution in [-0.2, 0) is 16.9 Å². The predicted octanol–water partition coefficient (Wildman–Crippen LogP) is 4.76. The number of hydrogen-bond donors (Lipinski definition) is 2. The minimum absolute atomic E-state index is 0.0181. The Morgan fingerprint density at radius 3 is 2.34 bits per heavy atom. The molecule has 1 aromatic carbocycles. The van der Waals surface area contributed by atoms with Crippen molar-refractivity contribution in [2.45, 2.75) is 56.0 Å². The van der Waals surface area contributed by atoms with Gasteiger partial charge < -0.3 is 10.6 Å². The number of carbonyl (C=O) groups is 1. The van der Waals surface area contributed by atoms with Crippen molar-refractivity contribution in [3.63, 3.8) is 0 Å². The quantitative estimate of drug-likeness (QED) is 0.629. The monoisotopic (exact) mass is 466 g/mol. The lowest BCUT2D eigenvalue weighted by Gasteiger charge is -2.34. The molecule has 178 valence electrons. The number of fused-ring (bicyclic) bond motifs is 3. The largest absolute Gasteiger partial charge is 0.435 e. The molecule has 1 saturated heterocycles. The molecule has 1 amide bonds. The molecular weight excluding hydrogens is 441 g/mol. The van der Waals surface area contributed by atoms with Crippen LogP contribution in [0.1, 0.15) is 48.3 Å². The van der Waals surface area contributed by atoms with Gasteiger partial charge in [0.1, 0.15) is 0 Å². The molecule has 0 radical (unpaired) electrons. The fraction of sp³-hybridized carbons (Fsp3) is 0.682. The van der Waals surface area contributed by atoms with Crippen LogP contribution in [0.3, 0.4) is 0 Å². The molecule has 4 atom stereocenters. The van der Waals surface area contributed by atoms with E-state index in [0.29, 0.717) is 55.0 Å². The van der Waals surface area contributed by atoms with Crippen LogP contribution in [0, 0.1) is 17.8 Å². The maximum absolute atomic E-state index is 14.4. The zero-order valence-corrected chi connectivity index (χ0v) is 17.3. The molecule has 4 rings (SSSR count). The third-order valence-electron chi connectivity index (χ3n) is 7.35. The van der Waals surface area contributed by atoms with Gasteiger partial charge in [-0.3, -0.25) is 4.79 Å². The normalized spacial score (nSPS) is 28.3. The van der Waals surface area contributed by atoms with Crippen LogP contribution in [-0.4, -0.2) is 37.9 Å². The minimum atomic E-state index is -6.12. The molecule has 2 N–H and O–H groups in total. The number of aryl methyl sites for hydroxylation is 1. The lowest BCUT2D eigenvalue weighted by molar-refractivity contribution is -0.348. The highest BCUT2D eigenvalue weighted by Gasteiger charge is 2.73. The van der Waals surface area contributed by atoms with Crippen LogP contribution in [0.2, 0.25) is 0 Å². The minimum Gasteiger partial charge on any atom is -0.356 e. The van der Waals surface area contributed by atoms with E-state index in [4.69, 9.17) is 0 Å². The van der Waals surface area contributed by atoms with Crippen molar-refractivity contribution >= 4 is 5.91 Å². The van der Waals surface area contributed by atoms with Gasteiger partial charge in [0, 0.05) is 18.0 Å². The molecule has 0 aromatic heterocycles. The van der Waals surface area contributed by atoms with Crippen molar-refractivity contribution in [1.82, 2.24) is 10.6 Å². The molecule has 32 heavy (non-hydrogen) atoms. The first-order valence-corrected chi connectivity index (χ1v) is 10.9. The van der Waals surface area contributed by atoms with Gasteiger partial charge in [-0.25, -0.2) is 4.39 Å². The summed E-state index contributed by atoms with van der Waals surface area (Å²) in [5.41, 5.74) is -5.92. The van der Waals surface area contributed by atoms with Gasteiger partial charge in [0.25, 0.3) is 0 Å². The summed E-state index contributed by atoms with van der Waals surface area (Å²) in [5, 5.41) is 6.24. The smallest absolute Gasteiger partial charge is 0.356 e. The van der Waals surface area contributed by atoms with Gasteiger partial charge in [-0.05, 0) is 74.1 Å². The van der Waals surface area contributed by atoms with E-state index >= 15 is 0 Å². The predicted molar refractivity (Wildman–Crippen MR) is 103 cm³/mol. The highest BCUT2D eigenvalue weighted by Crippen LogP contribution is 2.55. The van der Waals surface area contributed by atoms with Crippen molar-refractivity contribution in [3.8, 4) is 0 Å². The Morgan fingerprint density at radius 2 is 1.72 bits per heavy atom. The summed E-state index contributed by atoms with van der Waals surface area (Å²) in [6.45, 7) is 2.38. The molecule has 1 heterocycles. The Labute approximate surface area is 181 Å². The van der Waals surface area contributed by atoms with Crippen molar-refractivity contribution in [3.05, 3.63) is 34.9 Å². The number of benzene rings is 1. The van der Waals surface area contributed by atoms with Crippen molar-refractivity contribution in [1.29, 1.82) is 0 Å². The van der Waals surface area contributed by atoms with Gasteiger partial charge in [-0.1, -0.05) is 18.2 Å². The van der Waals surface area contributed by atoms with E-state index in [1.165, 1.54) is 6.07 Å².